The van der Waals surface area contributed by atoms with Crippen LogP contribution in [0.1, 0.15) is 15.2 Å². The number of hydrogen-bond acceptors (Lipinski definition) is 6. The molecule has 2 heterocycles. The van der Waals surface area contributed by atoms with E-state index in [0.717, 1.165) is 22.7 Å². The van der Waals surface area contributed by atoms with Gasteiger partial charge in [-0.05, 0) is 35.3 Å². The first-order valence-electron chi connectivity index (χ1n) is 7.25. The van der Waals surface area contributed by atoms with E-state index in [0.29, 0.717) is 28.6 Å². The maximum Gasteiger partial charge on any atom is 0.265 e. The van der Waals surface area contributed by atoms with E-state index in [1.165, 1.54) is 0 Å². The summed E-state index contributed by atoms with van der Waals surface area (Å²) in [6.45, 7) is 0.387. The van der Waals surface area contributed by atoms with Crippen LogP contribution in [0.15, 0.2) is 48.8 Å². The first kappa shape index (κ1) is 15.9. The maximum absolute atomic E-state index is 12.3. The molecular weight excluding hydrogens is 324 g/mol. The number of benzene rings is 1. The number of rotatable bonds is 5. The van der Waals surface area contributed by atoms with Crippen LogP contribution in [0.2, 0.25) is 0 Å². The van der Waals surface area contributed by atoms with Gasteiger partial charge in [0, 0.05) is 24.5 Å². The van der Waals surface area contributed by atoms with E-state index in [2.05, 4.69) is 14.7 Å². The molecule has 0 aliphatic heterocycles. The smallest absolute Gasteiger partial charge is 0.265 e. The molecule has 3 N–H and O–H groups in total. The topological polar surface area (TPSA) is 90.1 Å². The van der Waals surface area contributed by atoms with Gasteiger partial charge < -0.3 is 15.8 Å². The van der Waals surface area contributed by atoms with Gasteiger partial charge in [-0.2, -0.15) is 4.37 Å². The summed E-state index contributed by atoms with van der Waals surface area (Å²) in [7, 11) is 1.60. The van der Waals surface area contributed by atoms with E-state index in [-0.39, 0.29) is 5.91 Å². The van der Waals surface area contributed by atoms with Crippen molar-refractivity contribution >= 4 is 23.1 Å². The number of ether oxygens (including phenoxy) is 1. The van der Waals surface area contributed by atoms with Crippen molar-refractivity contribution in [3.63, 3.8) is 0 Å². The second kappa shape index (κ2) is 7.10. The largest absolute Gasteiger partial charge is 0.497 e. The minimum Gasteiger partial charge on any atom is -0.497 e. The molecule has 122 valence electrons. The van der Waals surface area contributed by atoms with Gasteiger partial charge in [0.25, 0.3) is 5.91 Å². The lowest BCUT2D eigenvalue weighted by atomic mass is 10.1. The number of pyridine rings is 1. The number of amides is 1. The van der Waals surface area contributed by atoms with Gasteiger partial charge in [0.2, 0.25) is 0 Å². The number of nitrogens with two attached hydrogens (primary N) is 1. The Morgan fingerprint density at radius 2 is 2.21 bits per heavy atom. The van der Waals surface area contributed by atoms with E-state index in [1.807, 2.05) is 36.4 Å². The zero-order valence-corrected chi connectivity index (χ0v) is 13.8. The number of methoxy groups -OCH3 is 1. The lowest BCUT2D eigenvalue weighted by Gasteiger charge is -2.05. The van der Waals surface area contributed by atoms with Crippen LogP contribution in [0.3, 0.4) is 0 Å². The Bertz CT molecular complexity index is 849. The van der Waals surface area contributed by atoms with Crippen molar-refractivity contribution in [2.75, 3.05) is 12.8 Å². The minimum absolute atomic E-state index is 0.247. The Labute approximate surface area is 143 Å². The molecule has 24 heavy (non-hydrogen) atoms. The van der Waals surface area contributed by atoms with Crippen molar-refractivity contribution in [2.45, 2.75) is 6.54 Å². The van der Waals surface area contributed by atoms with Gasteiger partial charge in [0.05, 0.1) is 12.8 Å². The van der Waals surface area contributed by atoms with Crippen LogP contribution in [0.4, 0.5) is 5.69 Å². The van der Waals surface area contributed by atoms with Gasteiger partial charge >= 0.3 is 0 Å². The maximum atomic E-state index is 12.3. The molecule has 2 aromatic heterocycles. The Balaban J connectivity index is 1.77. The van der Waals surface area contributed by atoms with Gasteiger partial charge in [-0.15, -0.1) is 0 Å². The molecule has 0 fully saturated rings. The van der Waals surface area contributed by atoms with Crippen LogP contribution < -0.4 is 15.8 Å². The van der Waals surface area contributed by atoms with Crippen LogP contribution in [0.5, 0.6) is 5.75 Å². The predicted molar refractivity (Wildman–Crippen MR) is 93.9 cm³/mol. The summed E-state index contributed by atoms with van der Waals surface area (Å²) in [6.07, 6.45) is 3.39. The van der Waals surface area contributed by atoms with E-state index < -0.39 is 0 Å². The van der Waals surface area contributed by atoms with E-state index in [1.54, 1.807) is 19.5 Å². The second-order valence-electron chi connectivity index (χ2n) is 5.05. The number of nitrogens with zero attached hydrogens (tertiary/aromatic N) is 2. The van der Waals surface area contributed by atoms with Gasteiger partial charge in [0.15, 0.2) is 0 Å². The Morgan fingerprint density at radius 1 is 1.33 bits per heavy atom. The summed E-state index contributed by atoms with van der Waals surface area (Å²) in [6, 6.07) is 11.1. The van der Waals surface area contributed by atoms with Crippen LogP contribution in [0, 0.1) is 0 Å². The number of nitrogen functional groups attached to an aromatic ring is 1. The third-order valence-electron chi connectivity index (χ3n) is 3.45. The number of hydrogen-bond donors (Lipinski definition) is 2. The van der Waals surface area contributed by atoms with E-state index >= 15 is 0 Å². The average molecular weight is 340 g/mol. The fraction of sp³-hybridized carbons (Fsp3) is 0.118. The molecule has 0 aliphatic rings. The molecule has 7 heteroatoms. The molecule has 1 amide bonds. The van der Waals surface area contributed by atoms with Gasteiger partial charge in [-0.3, -0.25) is 9.78 Å². The number of nitrogens with one attached hydrogen (secondary N) is 1. The third-order valence-corrected chi connectivity index (χ3v) is 4.31. The summed E-state index contributed by atoms with van der Waals surface area (Å²) in [5.74, 6) is 0.463. The normalized spacial score (nSPS) is 10.4. The van der Waals surface area contributed by atoms with Gasteiger partial charge in [-0.25, -0.2) is 0 Å². The number of carbonyl (C=O) groups is 1. The first-order valence-corrected chi connectivity index (χ1v) is 8.03. The van der Waals surface area contributed by atoms with E-state index in [4.69, 9.17) is 10.5 Å². The lowest BCUT2D eigenvalue weighted by Crippen LogP contribution is -2.22. The fourth-order valence-corrected chi connectivity index (χ4v) is 2.94. The van der Waals surface area contributed by atoms with Crippen molar-refractivity contribution in [3.05, 3.63) is 59.2 Å². The predicted octanol–water partition coefficient (Wildman–Crippen LogP) is 2.73. The molecule has 0 atom stereocenters. The zero-order chi connectivity index (χ0) is 16.9. The number of carbonyl (C=O) groups excluding carboxylic acids is 1. The highest BCUT2D eigenvalue weighted by molar-refractivity contribution is 7.09. The molecule has 0 spiro atoms. The highest BCUT2D eigenvalue weighted by atomic mass is 32.1. The van der Waals surface area contributed by atoms with Gasteiger partial charge in [-0.1, -0.05) is 18.2 Å². The Kier molecular flexibility index (Phi) is 4.72. The molecule has 0 unspecified atom stereocenters. The highest BCUT2D eigenvalue weighted by Gasteiger charge is 2.18. The second-order valence-corrected chi connectivity index (χ2v) is 5.82. The van der Waals surface area contributed by atoms with Crippen molar-refractivity contribution in [2.24, 2.45) is 0 Å². The van der Waals surface area contributed by atoms with Gasteiger partial charge in [0.1, 0.15) is 16.3 Å². The molecule has 0 bridgehead atoms. The van der Waals surface area contributed by atoms with Crippen molar-refractivity contribution in [3.8, 4) is 17.0 Å². The zero-order valence-electron chi connectivity index (χ0n) is 13.0. The molecule has 1 aromatic carbocycles. The van der Waals surface area contributed by atoms with Crippen LogP contribution in [-0.4, -0.2) is 22.4 Å². The fourth-order valence-electron chi connectivity index (χ4n) is 2.20. The minimum atomic E-state index is -0.247. The monoisotopic (exact) mass is 340 g/mol. The molecule has 0 saturated carbocycles. The summed E-state index contributed by atoms with van der Waals surface area (Å²) < 4.78 is 9.53. The van der Waals surface area contributed by atoms with Crippen LogP contribution in [0.25, 0.3) is 11.3 Å². The Morgan fingerprint density at radius 3 is 2.96 bits per heavy atom. The quantitative estimate of drug-likeness (QED) is 0.745. The first-order chi connectivity index (χ1) is 11.7. The van der Waals surface area contributed by atoms with Crippen LogP contribution in [-0.2, 0) is 6.54 Å². The summed E-state index contributed by atoms with van der Waals surface area (Å²) >= 11 is 1.08. The Hall–Kier alpha value is -2.93. The number of aromatic nitrogens is 2. The molecular formula is C17H16N4O2S. The number of anilines is 1. The summed E-state index contributed by atoms with van der Waals surface area (Å²) in [5, 5.41) is 2.83. The summed E-state index contributed by atoms with van der Waals surface area (Å²) in [5.41, 5.74) is 8.82. The molecule has 0 saturated heterocycles. The SMILES string of the molecule is COc1cccc(-c2nsc(C(=O)NCc3cccnc3)c2N)c1. The van der Waals surface area contributed by atoms with Crippen molar-refractivity contribution in [1.29, 1.82) is 0 Å². The van der Waals surface area contributed by atoms with Crippen molar-refractivity contribution in [1.82, 2.24) is 14.7 Å². The van der Waals surface area contributed by atoms with Crippen molar-refractivity contribution < 1.29 is 9.53 Å². The average Bonchev–Trinajstić information content (AvgIpc) is 3.02. The highest BCUT2D eigenvalue weighted by Crippen LogP contribution is 2.32. The molecule has 3 rings (SSSR count). The molecule has 3 aromatic rings. The molecule has 0 radical (unpaired) electrons. The third kappa shape index (κ3) is 3.36. The standard InChI is InChI=1S/C17H16N4O2S/c1-23-13-6-2-5-12(8-13)15-14(18)16(24-21-15)17(22)20-10-11-4-3-7-19-9-11/h2-9H,10,18H2,1H3,(H,20,22). The molecule has 6 nitrogen and oxygen atoms in total. The molecule has 0 aliphatic carbocycles. The summed E-state index contributed by atoms with van der Waals surface area (Å²) in [4.78, 5) is 16.8. The van der Waals surface area contributed by atoms with E-state index in [9.17, 15) is 4.79 Å². The lowest BCUT2D eigenvalue weighted by molar-refractivity contribution is 0.0956. The van der Waals surface area contributed by atoms with Crippen LogP contribution >= 0.6 is 11.5 Å².